The maximum atomic E-state index is 6.34. The fourth-order valence-electron chi connectivity index (χ4n) is 7.19. The number of allylic oxidation sites excluding steroid dienone is 5. The van der Waals surface area contributed by atoms with Crippen LogP contribution < -0.4 is 15.5 Å². The van der Waals surface area contributed by atoms with Gasteiger partial charge in [0.25, 0.3) is 0 Å². The normalized spacial score (nSPS) is 15.7. The molecule has 1 aliphatic heterocycles. The van der Waals surface area contributed by atoms with Gasteiger partial charge >= 0.3 is 0 Å². The van der Waals surface area contributed by atoms with E-state index in [1.807, 2.05) is 18.2 Å². The Morgan fingerprint density at radius 1 is 0.711 bits per heavy atom. The van der Waals surface area contributed by atoms with E-state index in [1.165, 1.54) is 38.2 Å². The fourth-order valence-corrected chi connectivity index (χ4v) is 7.19. The predicted molar refractivity (Wildman–Crippen MR) is 189 cm³/mol. The van der Waals surface area contributed by atoms with Crippen LogP contribution in [0.5, 0.6) is 0 Å². The summed E-state index contributed by atoms with van der Waals surface area (Å²) in [5, 5.41) is 5.95. The summed E-state index contributed by atoms with van der Waals surface area (Å²) in [5.41, 5.74) is 10.0. The number of aromatic nitrogens is 1. The van der Waals surface area contributed by atoms with Crippen molar-refractivity contribution in [1.82, 2.24) is 4.57 Å². The van der Waals surface area contributed by atoms with Gasteiger partial charge in [0, 0.05) is 50.0 Å². The lowest BCUT2D eigenvalue weighted by Gasteiger charge is -2.26. The summed E-state index contributed by atoms with van der Waals surface area (Å²) in [5.74, 6) is 0. The highest BCUT2D eigenvalue weighted by molar-refractivity contribution is 6.06. The van der Waals surface area contributed by atoms with Crippen molar-refractivity contribution in [2.75, 3.05) is 4.90 Å². The van der Waals surface area contributed by atoms with Crippen LogP contribution in [-0.4, -0.2) is 4.57 Å². The molecule has 0 N–H and O–H groups in total. The summed E-state index contributed by atoms with van der Waals surface area (Å²) >= 11 is 0. The van der Waals surface area contributed by atoms with Crippen molar-refractivity contribution >= 4 is 62.1 Å². The molecular formula is C42H30N2O. The van der Waals surface area contributed by atoms with Gasteiger partial charge in [0.1, 0.15) is 11.2 Å². The number of hydrogen-bond acceptors (Lipinski definition) is 2. The zero-order valence-electron chi connectivity index (χ0n) is 24.7. The standard InChI is InChI=1S/C42H30N2O/c1-2-10-34-37-26-32(22-24-39(37)44-38-15-8-6-13-30(38)25-40(34)44)43(31-19-17-29(18-20-31)28-11-4-3-5-12-28)33-21-23-36-35-14-7-9-16-41(35)45-42(36)27-33/h2-14,16-27,38H,1,15H2. The second kappa shape index (κ2) is 10.1. The highest BCUT2D eigenvalue weighted by Crippen LogP contribution is 2.40. The molecule has 0 saturated heterocycles. The number of nitrogens with zero attached hydrogens (tertiary/aromatic N) is 2. The molecule has 45 heavy (non-hydrogen) atoms. The predicted octanol–water partition coefficient (Wildman–Crippen LogP) is 9.87. The van der Waals surface area contributed by atoms with Crippen molar-refractivity contribution in [2.45, 2.75) is 12.5 Å². The lowest BCUT2D eigenvalue weighted by atomic mass is 10.00. The molecule has 1 atom stereocenters. The highest BCUT2D eigenvalue weighted by Gasteiger charge is 2.26. The topological polar surface area (TPSA) is 21.3 Å². The molecule has 0 amide bonds. The van der Waals surface area contributed by atoms with Crippen LogP contribution in [-0.2, 0) is 0 Å². The van der Waals surface area contributed by atoms with Crippen molar-refractivity contribution in [3.63, 3.8) is 0 Å². The van der Waals surface area contributed by atoms with Gasteiger partial charge in [0.15, 0.2) is 0 Å². The second-order valence-electron chi connectivity index (χ2n) is 11.8. The van der Waals surface area contributed by atoms with E-state index in [4.69, 9.17) is 4.42 Å². The van der Waals surface area contributed by atoms with Crippen LogP contribution in [0.1, 0.15) is 12.5 Å². The maximum absolute atomic E-state index is 6.34. The van der Waals surface area contributed by atoms with Crippen LogP contribution in [0.2, 0.25) is 0 Å². The van der Waals surface area contributed by atoms with E-state index in [-0.39, 0.29) is 0 Å². The first kappa shape index (κ1) is 25.7. The summed E-state index contributed by atoms with van der Waals surface area (Å²) in [4.78, 5) is 2.33. The van der Waals surface area contributed by atoms with E-state index < -0.39 is 0 Å². The quantitative estimate of drug-likeness (QED) is 0.203. The first-order valence-corrected chi connectivity index (χ1v) is 15.5. The molecule has 2 aliphatic rings. The van der Waals surface area contributed by atoms with E-state index in [1.54, 1.807) is 0 Å². The lowest BCUT2D eigenvalue weighted by molar-refractivity contribution is 0.618. The molecule has 1 unspecified atom stereocenters. The van der Waals surface area contributed by atoms with E-state index in [9.17, 15) is 0 Å². The summed E-state index contributed by atoms with van der Waals surface area (Å²) in [6, 6.07) is 41.4. The molecule has 3 nitrogen and oxygen atoms in total. The van der Waals surface area contributed by atoms with E-state index in [0.717, 1.165) is 45.4 Å². The van der Waals surface area contributed by atoms with Gasteiger partial charge in [0.2, 0.25) is 0 Å². The van der Waals surface area contributed by atoms with Crippen LogP contribution in [0.4, 0.5) is 17.1 Å². The Morgan fingerprint density at radius 2 is 1.44 bits per heavy atom. The number of furan rings is 1. The summed E-state index contributed by atoms with van der Waals surface area (Å²) in [6.07, 6.45) is 14.1. The van der Waals surface area contributed by atoms with Crippen molar-refractivity contribution < 1.29 is 4.42 Å². The molecule has 3 heteroatoms. The molecule has 0 radical (unpaired) electrons. The van der Waals surface area contributed by atoms with Crippen LogP contribution in [0.3, 0.4) is 0 Å². The molecule has 214 valence electrons. The molecular weight excluding hydrogens is 548 g/mol. The number of rotatable bonds is 5. The summed E-state index contributed by atoms with van der Waals surface area (Å²) in [7, 11) is 0. The van der Waals surface area contributed by atoms with Gasteiger partial charge in [-0.05, 0) is 77.7 Å². The monoisotopic (exact) mass is 578 g/mol. The Hall–Kier alpha value is -5.80. The van der Waals surface area contributed by atoms with Gasteiger partial charge in [-0.25, -0.2) is 0 Å². The van der Waals surface area contributed by atoms with Crippen LogP contribution in [0.25, 0.3) is 56.1 Å². The zero-order chi connectivity index (χ0) is 29.9. The SMILES string of the molecule is C=CC=c1c2n(c3ccc(N(c4ccc(-c5ccccc5)cc4)c4ccc5c(c4)oc4ccccc45)cc13)C1CC=CC=C1C=2. The molecule has 0 spiro atoms. The van der Waals surface area contributed by atoms with Gasteiger partial charge in [-0.15, -0.1) is 0 Å². The van der Waals surface area contributed by atoms with Gasteiger partial charge in [0.05, 0.1) is 11.4 Å². The Kier molecular flexibility index (Phi) is 5.79. The first-order valence-electron chi connectivity index (χ1n) is 15.5. The van der Waals surface area contributed by atoms with E-state index >= 15 is 0 Å². The second-order valence-corrected chi connectivity index (χ2v) is 11.8. The molecule has 5 aromatic carbocycles. The Balaban J connectivity index is 1.25. The Labute approximate surface area is 261 Å². The number of benzene rings is 5. The van der Waals surface area contributed by atoms with E-state index in [0.29, 0.717) is 6.04 Å². The van der Waals surface area contributed by atoms with Gasteiger partial charge in [-0.2, -0.15) is 0 Å². The third-order valence-corrected chi connectivity index (χ3v) is 9.25. The summed E-state index contributed by atoms with van der Waals surface area (Å²) in [6.45, 7) is 4.06. The minimum atomic E-state index is 0.336. The maximum Gasteiger partial charge on any atom is 0.137 e. The Bertz CT molecular complexity index is 2470. The van der Waals surface area contributed by atoms with Gasteiger partial charge in [-0.1, -0.05) is 97.6 Å². The minimum Gasteiger partial charge on any atom is -0.456 e. The third kappa shape index (κ3) is 4.05. The van der Waals surface area contributed by atoms with Crippen LogP contribution in [0.15, 0.2) is 156 Å². The molecule has 1 aliphatic carbocycles. The number of anilines is 3. The number of para-hydroxylation sites is 1. The number of fused-ring (bicyclic) bond motifs is 8. The van der Waals surface area contributed by atoms with Crippen molar-refractivity contribution in [1.29, 1.82) is 0 Å². The molecule has 2 aromatic heterocycles. The lowest BCUT2D eigenvalue weighted by Crippen LogP contribution is -2.26. The Morgan fingerprint density at radius 3 is 2.31 bits per heavy atom. The molecule has 3 heterocycles. The first-order chi connectivity index (χ1) is 22.3. The average Bonchev–Trinajstić information content (AvgIpc) is 3.75. The van der Waals surface area contributed by atoms with Crippen molar-refractivity contribution in [2.24, 2.45) is 0 Å². The van der Waals surface area contributed by atoms with Crippen LogP contribution >= 0.6 is 0 Å². The molecule has 7 aromatic rings. The van der Waals surface area contributed by atoms with Gasteiger partial charge < -0.3 is 13.9 Å². The molecule has 0 bridgehead atoms. The largest absolute Gasteiger partial charge is 0.456 e. The average molecular weight is 579 g/mol. The van der Waals surface area contributed by atoms with Crippen molar-refractivity contribution in [3.05, 3.63) is 162 Å². The smallest absolute Gasteiger partial charge is 0.137 e. The van der Waals surface area contributed by atoms with Gasteiger partial charge in [-0.3, -0.25) is 0 Å². The molecule has 9 rings (SSSR count). The number of hydrogen-bond donors (Lipinski definition) is 0. The van der Waals surface area contributed by atoms with Crippen LogP contribution in [0, 0.1) is 0 Å². The minimum absolute atomic E-state index is 0.336. The third-order valence-electron chi connectivity index (χ3n) is 9.25. The van der Waals surface area contributed by atoms with E-state index in [2.05, 4.69) is 150 Å². The molecule has 0 saturated carbocycles. The zero-order valence-corrected chi connectivity index (χ0v) is 24.7. The molecule has 0 fully saturated rings. The van der Waals surface area contributed by atoms with Crippen molar-refractivity contribution in [3.8, 4) is 11.1 Å². The summed E-state index contributed by atoms with van der Waals surface area (Å²) < 4.78 is 8.85. The highest BCUT2D eigenvalue weighted by atomic mass is 16.3. The fraction of sp³-hybridized carbons (Fsp3) is 0.0476.